The highest BCUT2D eigenvalue weighted by molar-refractivity contribution is 6.31. The van der Waals surface area contributed by atoms with Crippen molar-refractivity contribution in [3.8, 4) is 11.5 Å². The molecular formula is C15H11ClN2O3. The zero-order valence-corrected chi connectivity index (χ0v) is 11.6. The molecule has 2 aliphatic rings. The number of hydrogen-bond donors (Lipinski definition) is 2. The Balaban J connectivity index is 1.74. The van der Waals surface area contributed by atoms with Gasteiger partial charge in [-0.05, 0) is 18.2 Å². The molecule has 2 aromatic carbocycles. The number of nitrogens with one attached hydrogen (secondary N) is 2. The van der Waals surface area contributed by atoms with Crippen molar-refractivity contribution in [3.63, 3.8) is 0 Å². The number of fused-ring (bicyclic) bond motifs is 2. The zero-order chi connectivity index (χ0) is 14.4. The summed E-state index contributed by atoms with van der Waals surface area (Å²) in [6.07, 6.45) is -0.408. The van der Waals surface area contributed by atoms with E-state index < -0.39 is 6.17 Å². The van der Waals surface area contributed by atoms with Crippen LogP contribution in [0.3, 0.4) is 0 Å². The first kappa shape index (κ1) is 12.3. The topological polar surface area (TPSA) is 59.6 Å². The zero-order valence-electron chi connectivity index (χ0n) is 10.9. The molecule has 1 atom stereocenters. The molecule has 0 saturated heterocycles. The fraction of sp³-hybridized carbons (Fsp3) is 0.133. The Morgan fingerprint density at radius 3 is 2.71 bits per heavy atom. The highest BCUT2D eigenvalue weighted by Gasteiger charge is 2.27. The normalized spacial score (nSPS) is 18.7. The quantitative estimate of drug-likeness (QED) is 0.850. The third-order valence-corrected chi connectivity index (χ3v) is 3.88. The largest absolute Gasteiger partial charge is 0.454 e. The third kappa shape index (κ3) is 1.97. The molecule has 0 fully saturated rings. The SMILES string of the molecule is O=C1N[C@@H](c2cc3c(cc2Cl)OCO3)Nc2ccccc21. The van der Waals surface area contributed by atoms with Gasteiger partial charge >= 0.3 is 0 Å². The van der Waals surface area contributed by atoms with E-state index in [1.165, 1.54) is 0 Å². The summed E-state index contributed by atoms with van der Waals surface area (Å²) in [6.45, 7) is 0.183. The molecule has 2 aromatic rings. The van der Waals surface area contributed by atoms with E-state index in [2.05, 4.69) is 10.6 Å². The Morgan fingerprint density at radius 2 is 1.86 bits per heavy atom. The number of ether oxygens (including phenoxy) is 2. The van der Waals surface area contributed by atoms with Crippen LogP contribution in [0.4, 0.5) is 5.69 Å². The summed E-state index contributed by atoms with van der Waals surface area (Å²) in [5, 5.41) is 6.66. The summed E-state index contributed by atoms with van der Waals surface area (Å²) in [4.78, 5) is 12.2. The molecule has 2 aliphatic heterocycles. The second kappa shape index (κ2) is 4.56. The van der Waals surface area contributed by atoms with Crippen molar-refractivity contribution in [2.24, 2.45) is 0 Å². The molecule has 0 radical (unpaired) electrons. The molecule has 0 aromatic heterocycles. The smallest absolute Gasteiger partial charge is 0.255 e. The highest BCUT2D eigenvalue weighted by Crippen LogP contribution is 2.40. The maximum absolute atomic E-state index is 12.2. The van der Waals surface area contributed by atoms with E-state index in [0.717, 1.165) is 11.3 Å². The van der Waals surface area contributed by atoms with Crippen LogP contribution in [0.25, 0.3) is 0 Å². The van der Waals surface area contributed by atoms with Crippen LogP contribution in [0.15, 0.2) is 36.4 Å². The number of halogens is 1. The average Bonchev–Trinajstić information content (AvgIpc) is 2.93. The van der Waals surface area contributed by atoms with Crippen LogP contribution in [0.5, 0.6) is 11.5 Å². The lowest BCUT2D eigenvalue weighted by atomic mass is 10.1. The predicted molar refractivity (Wildman–Crippen MR) is 77.8 cm³/mol. The van der Waals surface area contributed by atoms with Crippen molar-refractivity contribution in [1.82, 2.24) is 5.32 Å². The first-order valence-electron chi connectivity index (χ1n) is 6.48. The molecule has 106 valence electrons. The number of hydrogen-bond acceptors (Lipinski definition) is 4. The predicted octanol–water partition coefficient (Wildman–Crippen LogP) is 2.92. The number of carbonyl (C=O) groups is 1. The van der Waals surface area contributed by atoms with Crippen molar-refractivity contribution in [3.05, 3.63) is 52.5 Å². The first-order chi connectivity index (χ1) is 10.2. The van der Waals surface area contributed by atoms with Crippen molar-refractivity contribution in [2.45, 2.75) is 6.17 Å². The second-order valence-electron chi connectivity index (χ2n) is 4.82. The first-order valence-corrected chi connectivity index (χ1v) is 6.85. The van der Waals surface area contributed by atoms with Gasteiger partial charge < -0.3 is 20.1 Å². The fourth-order valence-electron chi connectivity index (χ4n) is 2.52. The van der Waals surface area contributed by atoms with E-state index in [9.17, 15) is 4.79 Å². The van der Waals surface area contributed by atoms with Gasteiger partial charge in [0.25, 0.3) is 5.91 Å². The molecule has 2 heterocycles. The summed E-state index contributed by atoms with van der Waals surface area (Å²) >= 11 is 6.29. The standard InChI is InChI=1S/C15H11ClN2O3/c16-10-6-13-12(20-7-21-13)5-9(10)14-17-11-4-2-1-3-8(11)15(19)18-14/h1-6,14,17H,7H2,(H,18,19)/t14-/m0/s1. The highest BCUT2D eigenvalue weighted by atomic mass is 35.5. The number of amides is 1. The molecule has 0 unspecified atom stereocenters. The van der Waals surface area contributed by atoms with Gasteiger partial charge in [-0.15, -0.1) is 0 Å². The van der Waals surface area contributed by atoms with Crippen molar-refractivity contribution in [2.75, 3.05) is 12.1 Å². The van der Waals surface area contributed by atoms with Gasteiger partial charge in [-0.3, -0.25) is 4.79 Å². The molecule has 0 saturated carbocycles. The van der Waals surface area contributed by atoms with Gasteiger partial charge in [0.1, 0.15) is 6.17 Å². The third-order valence-electron chi connectivity index (χ3n) is 3.55. The van der Waals surface area contributed by atoms with Crippen LogP contribution in [0.2, 0.25) is 5.02 Å². The monoisotopic (exact) mass is 302 g/mol. The van der Waals surface area contributed by atoms with E-state index in [1.54, 1.807) is 18.2 Å². The van der Waals surface area contributed by atoms with Gasteiger partial charge in [0.15, 0.2) is 11.5 Å². The molecule has 4 rings (SSSR count). The van der Waals surface area contributed by atoms with Crippen LogP contribution < -0.4 is 20.1 Å². The number of para-hydroxylation sites is 1. The van der Waals surface area contributed by atoms with Crippen molar-refractivity contribution in [1.29, 1.82) is 0 Å². The summed E-state index contributed by atoms with van der Waals surface area (Å²) in [7, 11) is 0. The van der Waals surface area contributed by atoms with Crippen LogP contribution in [-0.4, -0.2) is 12.7 Å². The van der Waals surface area contributed by atoms with Gasteiger partial charge in [0.2, 0.25) is 6.79 Å². The molecule has 0 bridgehead atoms. The summed E-state index contributed by atoms with van der Waals surface area (Å²) < 4.78 is 10.6. The van der Waals surface area contributed by atoms with E-state index >= 15 is 0 Å². The minimum absolute atomic E-state index is 0.136. The second-order valence-corrected chi connectivity index (χ2v) is 5.23. The minimum Gasteiger partial charge on any atom is -0.454 e. The summed E-state index contributed by atoms with van der Waals surface area (Å²) in [6, 6.07) is 10.8. The lowest BCUT2D eigenvalue weighted by Crippen LogP contribution is -2.38. The van der Waals surface area contributed by atoms with E-state index in [1.807, 2.05) is 18.2 Å². The molecule has 2 N–H and O–H groups in total. The maximum atomic E-state index is 12.2. The molecular weight excluding hydrogens is 292 g/mol. The fourth-order valence-corrected chi connectivity index (χ4v) is 2.78. The molecule has 1 amide bonds. The average molecular weight is 303 g/mol. The number of rotatable bonds is 1. The number of carbonyl (C=O) groups excluding carboxylic acids is 1. The Kier molecular flexibility index (Phi) is 2.68. The molecule has 5 nitrogen and oxygen atoms in total. The molecule has 6 heteroatoms. The number of anilines is 1. The maximum Gasteiger partial charge on any atom is 0.255 e. The number of benzene rings is 2. The van der Waals surface area contributed by atoms with Crippen molar-refractivity contribution >= 4 is 23.2 Å². The van der Waals surface area contributed by atoms with Crippen LogP contribution in [0.1, 0.15) is 22.1 Å². The van der Waals surface area contributed by atoms with Gasteiger partial charge in [0.05, 0.1) is 10.6 Å². The Hall–Kier alpha value is -2.40. The van der Waals surface area contributed by atoms with Gasteiger partial charge in [-0.1, -0.05) is 23.7 Å². The summed E-state index contributed by atoms with van der Waals surface area (Å²) in [5.74, 6) is 1.11. The molecule has 0 aliphatic carbocycles. The van der Waals surface area contributed by atoms with Gasteiger partial charge in [-0.25, -0.2) is 0 Å². The van der Waals surface area contributed by atoms with Crippen LogP contribution >= 0.6 is 11.6 Å². The van der Waals surface area contributed by atoms with Crippen LogP contribution in [-0.2, 0) is 0 Å². The van der Waals surface area contributed by atoms with E-state index in [0.29, 0.717) is 22.1 Å². The van der Waals surface area contributed by atoms with E-state index in [4.69, 9.17) is 21.1 Å². The molecule has 21 heavy (non-hydrogen) atoms. The Bertz CT molecular complexity index is 748. The van der Waals surface area contributed by atoms with E-state index in [-0.39, 0.29) is 12.7 Å². The summed E-state index contributed by atoms with van der Waals surface area (Å²) in [5.41, 5.74) is 2.13. The Morgan fingerprint density at radius 1 is 1.10 bits per heavy atom. The van der Waals surface area contributed by atoms with Gasteiger partial charge in [0, 0.05) is 17.3 Å². The lowest BCUT2D eigenvalue weighted by molar-refractivity contribution is 0.0935. The van der Waals surface area contributed by atoms with Gasteiger partial charge in [-0.2, -0.15) is 0 Å². The minimum atomic E-state index is -0.408. The Labute approximate surface area is 125 Å². The lowest BCUT2D eigenvalue weighted by Gasteiger charge is -2.28. The molecule has 0 spiro atoms. The van der Waals surface area contributed by atoms with Crippen LogP contribution in [0, 0.1) is 0 Å². The van der Waals surface area contributed by atoms with Crippen molar-refractivity contribution < 1.29 is 14.3 Å².